The van der Waals surface area contributed by atoms with Gasteiger partial charge in [0.25, 0.3) is 0 Å². The van der Waals surface area contributed by atoms with Gasteiger partial charge in [0.15, 0.2) is 0 Å². The molecule has 0 saturated carbocycles. The first kappa shape index (κ1) is 15.1. The van der Waals surface area contributed by atoms with Crippen molar-refractivity contribution in [2.45, 2.75) is 36.6 Å². The highest BCUT2D eigenvalue weighted by molar-refractivity contribution is 7.99. The lowest BCUT2D eigenvalue weighted by Gasteiger charge is -2.17. The van der Waals surface area contributed by atoms with Gasteiger partial charge in [-0.3, -0.25) is 0 Å². The molecule has 0 aromatic heterocycles. The molecule has 2 aromatic rings. The lowest BCUT2D eigenvalue weighted by molar-refractivity contribution is 0.574. The second-order valence-corrected chi connectivity index (χ2v) is 6.00. The lowest BCUT2D eigenvalue weighted by Crippen LogP contribution is -2.18. The van der Waals surface area contributed by atoms with Crippen molar-refractivity contribution in [2.24, 2.45) is 0 Å². The van der Waals surface area contributed by atoms with E-state index in [4.69, 9.17) is 0 Å². The fourth-order valence-corrected chi connectivity index (χ4v) is 3.31. The molecule has 106 valence electrons. The van der Waals surface area contributed by atoms with Gasteiger partial charge >= 0.3 is 0 Å². The summed E-state index contributed by atoms with van der Waals surface area (Å²) in [6.07, 6.45) is 0. The zero-order valence-corrected chi connectivity index (χ0v) is 12.9. The Kier molecular flexibility index (Phi) is 5.21. The maximum atomic E-state index is 13.5. The summed E-state index contributed by atoms with van der Waals surface area (Å²) in [7, 11) is 0. The molecule has 1 N–H and O–H groups in total. The minimum Gasteiger partial charge on any atom is -0.310 e. The molecule has 1 unspecified atom stereocenters. The standard InChI is InChI=1S/C17H20FNS/c1-4-19-13(3)16-11-14(18)8-9-17(16)20-15-7-5-6-12(2)10-15/h5-11,13,19H,4H2,1-3H3. The van der Waals surface area contributed by atoms with E-state index in [-0.39, 0.29) is 11.9 Å². The molecule has 2 rings (SSSR count). The zero-order chi connectivity index (χ0) is 14.5. The summed E-state index contributed by atoms with van der Waals surface area (Å²) in [5.74, 6) is -0.182. The molecule has 0 amide bonds. The summed E-state index contributed by atoms with van der Waals surface area (Å²) in [5.41, 5.74) is 2.25. The number of nitrogens with one attached hydrogen (secondary N) is 1. The molecule has 3 heteroatoms. The van der Waals surface area contributed by atoms with E-state index < -0.39 is 0 Å². The van der Waals surface area contributed by atoms with Crippen molar-refractivity contribution in [3.05, 3.63) is 59.4 Å². The van der Waals surface area contributed by atoms with Crippen molar-refractivity contribution >= 4 is 11.8 Å². The van der Waals surface area contributed by atoms with Crippen LogP contribution in [0, 0.1) is 12.7 Å². The largest absolute Gasteiger partial charge is 0.310 e. The van der Waals surface area contributed by atoms with Crippen LogP contribution in [0.25, 0.3) is 0 Å². The first-order valence-corrected chi connectivity index (χ1v) is 7.69. The number of hydrogen-bond donors (Lipinski definition) is 1. The van der Waals surface area contributed by atoms with Crippen LogP contribution in [-0.2, 0) is 0 Å². The van der Waals surface area contributed by atoms with Crippen LogP contribution in [0.2, 0.25) is 0 Å². The highest BCUT2D eigenvalue weighted by Gasteiger charge is 2.12. The summed E-state index contributed by atoms with van der Waals surface area (Å²) >= 11 is 1.68. The van der Waals surface area contributed by atoms with E-state index in [0.717, 1.165) is 17.0 Å². The van der Waals surface area contributed by atoms with Crippen LogP contribution < -0.4 is 5.32 Å². The third-order valence-corrected chi connectivity index (χ3v) is 4.25. The molecule has 20 heavy (non-hydrogen) atoms. The van der Waals surface area contributed by atoms with Gasteiger partial charge in [0, 0.05) is 15.8 Å². The monoisotopic (exact) mass is 289 g/mol. The van der Waals surface area contributed by atoms with Gasteiger partial charge in [-0.05, 0) is 56.3 Å². The van der Waals surface area contributed by atoms with Crippen LogP contribution in [0.4, 0.5) is 4.39 Å². The summed E-state index contributed by atoms with van der Waals surface area (Å²) in [5, 5.41) is 3.35. The van der Waals surface area contributed by atoms with Crippen molar-refractivity contribution in [2.75, 3.05) is 6.54 Å². The summed E-state index contributed by atoms with van der Waals surface area (Å²) in [6, 6.07) is 13.5. The van der Waals surface area contributed by atoms with E-state index >= 15 is 0 Å². The third kappa shape index (κ3) is 3.84. The van der Waals surface area contributed by atoms with Crippen LogP contribution >= 0.6 is 11.8 Å². The molecule has 0 saturated heterocycles. The van der Waals surface area contributed by atoms with Crippen molar-refractivity contribution < 1.29 is 4.39 Å². The predicted octanol–water partition coefficient (Wildman–Crippen LogP) is 4.96. The average Bonchev–Trinajstić information content (AvgIpc) is 2.41. The average molecular weight is 289 g/mol. The quantitative estimate of drug-likeness (QED) is 0.835. The first-order chi connectivity index (χ1) is 9.60. The number of halogens is 1. The minimum absolute atomic E-state index is 0.142. The van der Waals surface area contributed by atoms with Gasteiger partial charge in [0.2, 0.25) is 0 Å². The molecule has 0 spiro atoms. The maximum absolute atomic E-state index is 13.5. The molecule has 1 atom stereocenters. The molecular formula is C17H20FNS. The smallest absolute Gasteiger partial charge is 0.123 e. The van der Waals surface area contributed by atoms with Crippen LogP contribution in [0.1, 0.15) is 31.0 Å². The van der Waals surface area contributed by atoms with Crippen LogP contribution in [0.15, 0.2) is 52.3 Å². The van der Waals surface area contributed by atoms with E-state index in [1.54, 1.807) is 17.8 Å². The molecule has 0 aliphatic carbocycles. The second kappa shape index (κ2) is 6.91. The third-order valence-electron chi connectivity index (χ3n) is 3.17. The van der Waals surface area contributed by atoms with E-state index in [9.17, 15) is 4.39 Å². The molecule has 0 aliphatic rings. The van der Waals surface area contributed by atoms with E-state index in [2.05, 4.69) is 50.4 Å². The topological polar surface area (TPSA) is 12.0 Å². The van der Waals surface area contributed by atoms with Crippen molar-refractivity contribution in [3.8, 4) is 0 Å². The molecule has 0 aliphatic heterocycles. The maximum Gasteiger partial charge on any atom is 0.123 e. The van der Waals surface area contributed by atoms with Crippen LogP contribution in [0.3, 0.4) is 0 Å². The SMILES string of the molecule is CCNC(C)c1cc(F)ccc1Sc1cccc(C)c1. The molecule has 0 radical (unpaired) electrons. The highest BCUT2D eigenvalue weighted by Crippen LogP contribution is 2.34. The number of rotatable bonds is 5. The lowest BCUT2D eigenvalue weighted by atomic mass is 10.1. The molecule has 0 fully saturated rings. The van der Waals surface area contributed by atoms with E-state index in [0.29, 0.717) is 0 Å². The van der Waals surface area contributed by atoms with Gasteiger partial charge in [-0.25, -0.2) is 4.39 Å². The van der Waals surface area contributed by atoms with Crippen molar-refractivity contribution in [1.82, 2.24) is 5.32 Å². The van der Waals surface area contributed by atoms with Gasteiger partial charge < -0.3 is 5.32 Å². The van der Waals surface area contributed by atoms with Crippen LogP contribution in [0.5, 0.6) is 0 Å². The Balaban J connectivity index is 2.31. The Morgan fingerprint density at radius 3 is 2.70 bits per heavy atom. The van der Waals surface area contributed by atoms with Gasteiger partial charge in [0.1, 0.15) is 5.82 Å². The number of aryl methyl sites for hydroxylation is 1. The first-order valence-electron chi connectivity index (χ1n) is 6.87. The minimum atomic E-state index is -0.182. The van der Waals surface area contributed by atoms with Crippen molar-refractivity contribution in [1.29, 1.82) is 0 Å². The Morgan fingerprint density at radius 2 is 2.00 bits per heavy atom. The van der Waals surface area contributed by atoms with Gasteiger partial charge in [-0.1, -0.05) is 36.4 Å². The van der Waals surface area contributed by atoms with Crippen molar-refractivity contribution in [3.63, 3.8) is 0 Å². The Hall–Kier alpha value is -1.32. The summed E-state index contributed by atoms with van der Waals surface area (Å²) < 4.78 is 13.5. The molecule has 0 heterocycles. The zero-order valence-electron chi connectivity index (χ0n) is 12.1. The fraction of sp³-hybridized carbons (Fsp3) is 0.294. The van der Waals surface area contributed by atoms with Gasteiger partial charge in [0.05, 0.1) is 0 Å². The van der Waals surface area contributed by atoms with Gasteiger partial charge in [-0.2, -0.15) is 0 Å². The summed E-state index contributed by atoms with van der Waals surface area (Å²) in [4.78, 5) is 2.28. The molecule has 2 aromatic carbocycles. The van der Waals surface area contributed by atoms with E-state index in [1.165, 1.54) is 16.5 Å². The van der Waals surface area contributed by atoms with Crippen LogP contribution in [-0.4, -0.2) is 6.54 Å². The Morgan fingerprint density at radius 1 is 1.20 bits per heavy atom. The normalized spacial score (nSPS) is 12.4. The van der Waals surface area contributed by atoms with E-state index in [1.807, 2.05) is 6.07 Å². The molecular weight excluding hydrogens is 269 g/mol. The number of hydrogen-bond acceptors (Lipinski definition) is 2. The predicted molar refractivity (Wildman–Crippen MR) is 83.8 cm³/mol. The highest BCUT2D eigenvalue weighted by atomic mass is 32.2. The molecule has 1 nitrogen and oxygen atoms in total. The Labute approximate surface area is 124 Å². The van der Waals surface area contributed by atoms with Gasteiger partial charge in [-0.15, -0.1) is 0 Å². The fourth-order valence-electron chi connectivity index (χ4n) is 2.17. The second-order valence-electron chi connectivity index (χ2n) is 4.88. The Bertz CT molecular complexity index is 583. The number of benzene rings is 2. The molecule has 0 bridgehead atoms. The summed E-state index contributed by atoms with van der Waals surface area (Å²) in [6.45, 7) is 7.07.